The maximum absolute atomic E-state index is 13.1. The predicted octanol–water partition coefficient (Wildman–Crippen LogP) is 2.88. The molecule has 1 aromatic rings. The van der Waals surface area contributed by atoms with Crippen LogP contribution in [-0.4, -0.2) is 34.7 Å². The van der Waals surface area contributed by atoms with Crippen LogP contribution in [0.2, 0.25) is 0 Å². The SMILES string of the molecule is COc1ccc(S(=O)(=O)NC(=O)[C@H]2CCCC[C@H]2C(F)(F)F)cc1OC. The lowest BCUT2D eigenvalue weighted by Crippen LogP contribution is -2.44. The van der Waals surface area contributed by atoms with Gasteiger partial charge in [-0.3, -0.25) is 4.79 Å². The highest BCUT2D eigenvalue weighted by molar-refractivity contribution is 7.90. The second-order valence-corrected chi connectivity index (χ2v) is 7.71. The van der Waals surface area contributed by atoms with Crippen molar-refractivity contribution < 1.29 is 35.9 Å². The maximum atomic E-state index is 13.1. The summed E-state index contributed by atoms with van der Waals surface area (Å²) in [6, 6.07) is 3.65. The van der Waals surface area contributed by atoms with Crippen LogP contribution in [0.5, 0.6) is 11.5 Å². The molecule has 1 aliphatic rings. The minimum absolute atomic E-state index is 0.00252. The maximum Gasteiger partial charge on any atom is 0.392 e. The van der Waals surface area contributed by atoms with Crippen molar-refractivity contribution in [2.45, 2.75) is 36.8 Å². The number of methoxy groups -OCH3 is 2. The molecule has 10 heteroatoms. The number of rotatable bonds is 5. The van der Waals surface area contributed by atoms with E-state index in [9.17, 15) is 26.4 Å². The first-order valence-electron chi connectivity index (χ1n) is 7.95. The molecule has 0 bridgehead atoms. The third-order valence-electron chi connectivity index (χ3n) is 4.42. The van der Waals surface area contributed by atoms with Crippen molar-refractivity contribution in [1.29, 1.82) is 0 Å². The Labute approximate surface area is 149 Å². The Kier molecular flexibility index (Phi) is 6.05. The van der Waals surface area contributed by atoms with Crippen LogP contribution >= 0.6 is 0 Å². The number of benzene rings is 1. The van der Waals surface area contributed by atoms with E-state index in [1.807, 2.05) is 0 Å². The normalized spacial score (nSPS) is 21.1. The van der Waals surface area contributed by atoms with Gasteiger partial charge in [0.15, 0.2) is 11.5 Å². The molecule has 1 aliphatic carbocycles. The fraction of sp³-hybridized carbons (Fsp3) is 0.562. The van der Waals surface area contributed by atoms with Crippen LogP contribution in [0.15, 0.2) is 23.1 Å². The lowest BCUT2D eigenvalue weighted by Gasteiger charge is -2.31. The van der Waals surface area contributed by atoms with Gasteiger partial charge < -0.3 is 9.47 Å². The fourth-order valence-corrected chi connectivity index (χ4v) is 4.13. The van der Waals surface area contributed by atoms with Gasteiger partial charge in [0.2, 0.25) is 5.91 Å². The number of sulfonamides is 1. The lowest BCUT2D eigenvalue weighted by molar-refractivity contribution is -0.197. The summed E-state index contributed by atoms with van der Waals surface area (Å²) in [5, 5.41) is 0. The summed E-state index contributed by atoms with van der Waals surface area (Å²) in [4.78, 5) is 12.0. The van der Waals surface area contributed by atoms with Crippen molar-refractivity contribution in [2.24, 2.45) is 11.8 Å². The molecular formula is C16H20F3NO5S. The first-order valence-corrected chi connectivity index (χ1v) is 9.44. The summed E-state index contributed by atoms with van der Waals surface area (Å²) in [7, 11) is -1.66. The van der Waals surface area contributed by atoms with E-state index in [-0.39, 0.29) is 29.2 Å². The first-order chi connectivity index (χ1) is 12.1. The van der Waals surface area contributed by atoms with Crippen molar-refractivity contribution in [3.63, 3.8) is 0 Å². The summed E-state index contributed by atoms with van der Waals surface area (Å²) in [5.74, 6) is -3.99. The number of alkyl halides is 3. The largest absolute Gasteiger partial charge is 0.493 e. The molecule has 1 aromatic carbocycles. The van der Waals surface area contributed by atoms with Crippen molar-refractivity contribution in [3.05, 3.63) is 18.2 Å². The molecule has 1 saturated carbocycles. The van der Waals surface area contributed by atoms with Gasteiger partial charge in [-0.15, -0.1) is 0 Å². The number of carbonyl (C=O) groups is 1. The lowest BCUT2D eigenvalue weighted by atomic mass is 9.78. The molecule has 1 fully saturated rings. The van der Waals surface area contributed by atoms with E-state index in [4.69, 9.17) is 9.47 Å². The van der Waals surface area contributed by atoms with Gasteiger partial charge in [0.25, 0.3) is 10.0 Å². The molecule has 0 radical (unpaired) electrons. The standard InChI is InChI=1S/C16H20F3NO5S/c1-24-13-8-7-10(9-14(13)25-2)26(22,23)20-15(21)11-5-3-4-6-12(11)16(17,18)19/h7-9,11-12H,3-6H2,1-2H3,(H,20,21)/t11-,12+/m0/s1. The number of amides is 1. The molecular weight excluding hydrogens is 375 g/mol. The van der Waals surface area contributed by atoms with Crippen molar-refractivity contribution in [3.8, 4) is 11.5 Å². The Morgan fingerprint density at radius 2 is 1.73 bits per heavy atom. The van der Waals surface area contributed by atoms with Gasteiger partial charge in [-0.05, 0) is 25.0 Å². The Balaban J connectivity index is 2.24. The van der Waals surface area contributed by atoms with Gasteiger partial charge in [-0.1, -0.05) is 12.8 Å². The van der Waals surface area contributed by atoms with Crippen molar-refractivity contribution >= 4 is 15.9 Å². The van der Waals surface area contributed by atoms with Crippen molar-refractivity contribution in [2.75, 3.05) is 14.2 Å². The smallest absolute Gasteiger partial charge is 0.392 e. The Bertz CT molecular complexity index is 764. The van der Waals surface area contributed by atoms with Crippen LogP contribution in [0.25, 0.3) is 0 Å². The van der Waals surface area contributed by atoms with Crippen LogP contribution in [-0.2, 0) is 14.8 Å². The highest BCUT2D eigenvalue weighted by Gasteiger charge is 2.48. The van der Waals surface area contributed by atoms with Gasteiger partial charge >= 0.3 is 6.18 Å². The highest BCUT2D eigenvalue weighted by atomic mass is 32.2. The van der Waals surface area contributed by atoms with Gasteiger partial charge in [0, 0.05) is 6.07 Å². The van der Waals surface area contributed by atoms with E-state index in [0.29, 0.717) is 12.8 Å². The number of carbonyl (C=O) groups excluding carboxylic acids is 1. The van der Waals surface area contributed by atoms with Crippen LogP contribution in [0.4, 0.5) is 13.2 Å². The number of hydrogen-bond donors (Lipinski definition) is 1. The fourth-order valence-electron chi connectivity index (χ4n) is 3.09. The van der Waals surface area contributed by atoms with Crippen molar-refractivity contribution in [1.82, 2.24) is 4.72 Å². The van der Waals surface area contributed by atoms with Crippen LogP contribution in [0, 0.1) is 11.8 Å². The topological polar surface area (TPSA) is 81.7 Å². The van der Waals surface area contributed by atoms with Gasteiger partial charge in [0.1, 0.15) is 0 Å². The van der Waals surface area contributed by atoms with E-state index in [1.165, 1.54) is 26.4 Å². The predicted molar refractivity (Wildman–Crippen MR) is 86.4 cm³/mol. The highest BCUT2D eigenvalue weighted by Crippen LogP contribution is 2.41. The Morgan fingerprint density at radius 3 is 2.31 bits per heavy atom. The zero-order chi connectivity index (χ0) is 19.5. The van der Waals surface area contributed by atoms with Gasteiger partial charge in [-0.25, -0.2) is 13.1 Å². The minimum atomic E-state index is -4.55. The number of nitrogens with one attached hydrogen (secondary N) is 1. The monoisotopic (exact) mass is 395 g/mol. The average molecular weight is 395 g/mol. The third-order valence-corrected chi connectivity index (χ3v) is 5.77. The number of halogens is 3. The number of ether oxygens (including phenoxy) is 2. The van der Waals surface area contributed by atoms with Gasteiger partial charge in [0.05, 0.1) is 31.0 Å². The van der Waals surface area contributed by atoms with Crippen LogP contribution in [0.3, 0.4) is 0 Å². The molecule has 26 heavy (non-hydrogen) atoms. The van der Waals surface area contributed by atoms with E-state index in [0.717, 1.165) is 6.07 Å². The van der Waals surface area contributed by atoms with E-state index in [1.54, 1.807) is 4.72 Å². The number of hydrogen-bond acceptors (Lipinski definition) is 5. The molecule has 146 valence electrons. The molecule has 0 aromatic heterocycles. The third kappa shape index (κ3) is 4.40. The summed E-state index contributed by atoms with van der Waals surface area (Å²) in [6.07, 6.45) is -3.93. The zero-order valence-corrected chi connectivity index (χ0v) is 15.1. The summed E-state index contributed by atoms with van der Waals surface area (Å²) < 4.78 is 76.0. The summed E-state index contributed by atoms with van der Waals surface area (Å²) in [6.45, 7) is 0. The quantitative estimate of drug-likeness (QED) is 0.829. The Morgan fingerprint density at radius 1 is 1.12 bits per heavy atom. The first kappa shape index (κ1) is 20.3. The second kappa shape index (κ2) is 7.73. The molecule has 0 aliphatic heterocycles. The molecule has 0 spiro atoms. The van der Waals surface area contributed by atoms with E-state index < -0.39 is 33.9 Å². The average Bonchev–Trinajstić information content (AvgIpc) is 2.59. The molecule has 1 amide bonds. The van der Waals surface area contributed by atoms with Crippen LogP contribution < -0.4 is 14.2 Å². The minimum Gasteiger partial charge on any atom is -0.493 e. The van der Waals surface area contributed by atoms with Crippen LogP contribution in [0.1, 0.15) is 25.7 Å². The molecule has 0 saturated heterocycles. The molecule has 2 rings (SSSR count). The molecule has 0 unspecified atom stereocenters. The summed E-state index contributed by atoms with van der Waals surface area (Å²) >= 11 is 0. The summed E-state index contributed by atoms with van der Waals surface area (Å²) in [5.41, 5.74) is 0. The molecule has 1 N–H and O–H groups in total. The second-order valence-electron chi connectivity index (χ2n) is 6.03. The molecule has 6 nitrogen and oxygen atoms in total. The molecule has 0 heterocycles. The van der Waals surface area contributed by atoms with Gasteiger partial charge in [-0.2, -0.15) is 13.2 Å². The Hall–Kier alpha value is -1.97. The van der Waals surface area contributed by atoms with E-state index >= 15 is 0 Å². The van der Waals surface area contributed by atoms with E-state index in [2.05, 4.69) is 0 Å². The molecule has 2 atom stereocenters. The zero-order valence-electron chi connectivity index (χ0n) is 14.3.